The highest BCUT2D eigenvalue weighted by Gasteiger charge is 2.37. The molecule has 0 N–H and O–H groups in total. The lowest BCUT2D eigenvalue weighted by Gasteiger charge is -2.43. The molecule has 0 spiro atoms. The first-order valence-electron chi connectivity index (χ1n) is 8.28. The lowest BCUT2D eigenvalue weighted by molar-refractivity contribution is 0.0397. The van der Waals surface area contributed by atoms with Crippen LogP contribution in [0.3, 0.4) is 0 Å². The highest BCUT2D eigenvalue weighted by atomic mass is 16.6. The summed E-state index contributed by atoms with van der Waals surface area (Å²) in [5.74, 6) is 3.06. The average molecular weight is 318 g/mol. The smallest absolute Gasteiger partial charge is 0.410 e. The van der Waals surface area contributed by atoms with Gasteiger partial charge >= 0.3 is 6.09 Å². The van der Waals surface area contributed by atoms with Crippen molar-refractivity contribution in [1.82, 2.24) is 14.9 Å². The summed E-state index contributed by atoms with van der Waals surface area (Å²) >= 11 is 0. The van der Waals surface area contributed by atoms with E-state index in [0.717, 1.165) is 42.6 Å². The van der Waals surface area contributed by atoms with Crippen molar-refractivity contribution in [2.45, 2.75) is 38.1 Å². The van der Waals surface area contributed by atoms with Gasteiger partial charge in [-0.1, -0.05) is 0 Å². The maximum Gasteiger partial charge on any atom is 0.410 e. The summed E-state index contributed by atoms with van der Waals surface area (Å²) in [4.78, 5) is 25.3. The molecule has 1 saturated carbocycles. The van der Waals surface area contributed by atoms with Crippen LogP contribution in [0.4, 0.5) is 10.6 Å². The Morgan fingerprint density at radius 2 is 2.04 bits per heavy atom. The Kier molecular flexibility index (Phi) is 3.50. The lowest BCUT2D eigenvalue weighted by atomic mass is 10.1. The number of aromatic nitrogens is 2. The van der Waals surface area contributed by atoms with Gasteiger partial charge in [0.05, 0.1) is 25.5 Å². The van der Waals surface area contributed by atoms with Gasteiger partial charge in [-0.15, -0.1) is 0 Å². The summed E-state index contributed by atoms with van der Waals surface area (Å²) in [6.45, 7) is 4.65. The quantitative estimate of drug-likeness (QED) is 0.845. The van der Waals surface area contributed by atoms with E-state index in [9.17, 15) is 4.79 Å². The van der Waals surface area contributed by atoms with Gasteiger partial charge in [0.25, 0.3) is 0 Å². The molecule has 3 fully saturated rings. The molecule has 7 nitrogen and oxygen atoms in total. The molecule has 1 aromatic rings. The highest BCUT2D eigenvalue weighted by molar-refractivity contribution is 5.69. The number of hydrogen-bond donors (Lipinski definition) is 0. The molecule has 0 aromatic carbocycles. The van der Waals surface area contributed by atoms with E-state index >= 15 is 0 Å². The molecule has 4 rings (SSSR count). The Hall–Kier alpha value is -2.05. The van der Waals surface area contributed by atoms with E-state index in [0.29, 0.717) is 19.1 Å². The van der Waals surface area contributed by atoms with Crippen LogP contribution in [0.5, 0.6) is 5.75 Å². The number of rotatable bonds is 3. The number of cyclic esters (lactones) is 1. The molecule has 124 valence electrons. The minimum atomic E-state index is -0.189. The molecule has 3 heterocycles. The third kappa shape index (κ3) is 2.58. The number of amides is 1. The van der Waals surface area contributed by atoms with E-state index in [2.05, 4.69) is 9.88 Å². The summed E-state index contributed by atoms with van der Waals surface area (Å²) in [5.41, 5.74) is 0.893. The molecular formula is C16H22N4O3. The number of hydrogen-bond acceptors (Lipinski definition) is 6. The van der Waals surface area contributed by atoms with Crippen molar-refractivity contribution in [3.05, 3.63) is 11.5 Å². The fraction of sp³-hybridized carbons (Fsp3) is 0.688. The van der Waals surface area contributed by atoms with E-state index < -0.39 is 0 Å². The topological polar surface area (TPSA) is 67.8 Å². The molecule has 1 unspecified atom stereocenters. The van der Waals surface area contributed by atoms with Crippen molar-refractivity contribution in [1.29, 1.82) is 0 Å². The van der Waals surface area contributed by atoms with Gasteiger partial charge in [0.2, 0.25) is 0 Å². The van der Waals surface area contributed by atoms with Crippen LogP contribution in [0.15, 0.2) is 0 Å². The minimum absolute atomic E-state index is 0.189. The van der Waals surface area contributed by atoms with Crippen molar-refractivity contribution in [2.75, 3.05) is 38.3 Å². The van der Waals surface area contributed by atoms with E-state index in [1.54, 1.807) is 7.11 Å². The van der Waals surface area contributed by atoms with Crippen LogP contribution in [0.25, 0.3) is 0 Å². The van der Waals surface area contributed by atoms with Crippen molar-refractivity contribution in [3.63, 3.8) is 0 Å². The zero-order chi connectivity index (χ0) is 16.0. The summed E-state index contributed by atoms with van der Waals surface area (Å²) in [6, 6.07) is 0.189. The zero-order valence-corrected chi connectivity index (χ0v) is 13.6. The second-order valence-corrected chi connectivity index (χ2v) is 6.49. The Morgan fingerprint density at radius 3 is 2.78 bits per heavy atom. The Balaban J connectivity index is 1.63. The van der Waals surface area contributed by atoms with E-state index in [4.69, 9.17) is 14.5 Å². The number of ether oxygens (including phenoxy) is 2. The monoisotopic (exact) mass is 318 g/mol. The molecule has 1 aliphatic carbocycles. The normalized spacial score (nSPS) is 24.3. The van der Waals surface area contributed by atoms with Crippen LogP contribution < -0.4 is 9.64 Å². The Morgan fingerprint density at radius 1 is 1.22 bits per heavy atom. The van der Waals surface area contributed by atoms with Crippen molar-refractivity contribution in [2.24, 2.45) is 0 Å². The van der Waals surface area contributed by atoms with E-state index in [1.165, 1.54) is 12.8 Å². The molecule has 1 amide bonds. The number of nitrogens with zero attached hydrogens (tertiary/aromatic N) is 4. The summed E-state index contributed by atoms with van der Waals surface area (Å²) in [5, 5.41) is 0. The fourth-order valence-electron chi connectivity index (χ4n) is 3.45. The predicted octanol–water partition coefficient (Wildman–Crippen LogP) is 1.70. The first-order valence-corrected chi connectivity index (χ1v) is 8.28. The Bertz CT molecular complexity index is 632. The molecule has 0 bridgehead atoms. The van der Waals surface area contributed by atoms with Crippen LogP contribution >= 0.6 is 0 Å². The third-order valence-electron chi connectivity index (χ3n) is 4.87. The summed E-state index contributed by atoms with van der Waals surface area (Å²) < 4.78 is 10.7. The van der Waals surface area contributed by atoms with Crippen molar-refractivity contribution < 1.29 is 14.3 Å². The summed E-state index contributed by atoms with van der Waals surface area (Å²) in [7, 11) is 1.67. The number of methoxy groups -OCH3 is 1. The van der Waals surface area contributed by atoms with Gasteiger partial charge in [-0.2, -0.15) is 0 Å². The van der Waals surface area contributed by atoms with Crippen LogP contribution in [0.2, 0.25) is 0 Å². The van der Waals surface area contributed by atoms with Crippen molar-refractivity contribution >= 4 is 11.9 Å². The second-order valence-electron chi connectivity index (χ2n) is 6.49. The largest absolute Gasteiger partial charge is 0.491 e. The molecule has 1 aromatic heterocycles. The van der Waals surface area contributed by atoms with Gasteiger partial charge in [-0.25, -0.2) is 14.8 Å². The van der Waals surface area contributed by atoms with Crippen LogP contribution in [0.1, 0.15) is 36.7 Å². The molecule has 2 aliphatic heterocycles. The maximum atomic E-state index is 11.8. The molecule has 23 heavy (non-hydrogen) atoms. The standard InChI is InChI=1S/C16H22N4O3/c1-10-13(22-2)15(18-14(17-10)11-3-4-11)19-6-7-20-12(9-19)5-8-23-16(20)21/h11-12H,3-9H2,1-2H3. The number of carbonyl (C=O) groups is 1. The fourth-order valence-corrected chi connectivity index (χ4v) is 3.45. The van der Waals surface area contributed by atoms with Gasteiger partial charge in [0.15, 0.2) is 11.6 Å². The van der Waals surface area contributed by atoms with E-state index in [-0.39, 0.29) is 12.1 Å². The third-order valence-corrected chi connectivity index (χ3v) is 4.87. The van der Waals surface area contributed by atoms with Crippen molar-refractivity contribution in [3.8, 4) is 5.75 Å². The summed E-state index contributed by atoms with van der Waals surface area (Å²) in [6.07, 6.45) is 3.02. The van der Waals surface area contributed by atoms with Crippen LogP contribution in [0, 0.1) is 6.92 Å². The van der Waals surface area contributed by atoms with Gasteiger partial charge in [0.1, 0.15) is 5.82 Å². The number of piperazine rings is 1. The number of carbonyl (C=O) groups excluding carboxylic acids is 1. The second kappa shape index (κ2) is 5.54. The molecule has 3 aliphatic rings. The molecule has 0 radical (unpaired) electrons. The molecular weight excluding hydrogens is 296 g/mol. The molecule has 2 saturated heterocycles. The lowest BCUT2D eigenvalue weighted by Crippen LogP contribution is -2.58. The first-order chi connectivity index (χ1) is 11.2. The Labute approximate surface area is 135 Å². The number of anilines is 1. The minimum Gasteiger partial charge on any atom is -0.491 e. The van der Waals surface area contributed by atoms with Gasteiger partial charge < -0.3 is 19.3 Å². The molecule has 1 atom stereocenters. The maximum absolute atomic E-state index is 11.8. The number of aryl methyl sites for hydroxylation is 1. The van der Waals surface area contributed by atoms with Gasteiger partial charge in [-0.3, -0.25) is 0 Å². The predicted molar refractivity (Wildman–Crippen MR) is 84.0 cm³/mol. The van der Waals surface area contributed by atoms with Gasteiger partial charge in [-0.05, 0) is 19.8 Å². The van der Waals surface area contributed by atoms with E-state index in [1.807, 2.05) is 11.8 Å². The van der Waals surface area contributed by atoms with Crippen LogP contribution in [-0.2, 0) is 4.74 Å². The SMILES string of the molecule is COc1c(C)nc(C2CC2)nc1N1CCN2C(=O)OCCC2C1. The van der Waals surface area contributed by atoms with Crippen LogP contribution in [-0.4, -0.2) is 60.4 Å². The average Bonchev–Trinajstić information content (AvgIpc) is 3.39. The number of fused-ring (bicyclic) bond motifs is 1. The highest BCUT2D eigenvalue weighted by Crippen LogP contribution is 2.41. The van der Waals surface area contributed by atoms with Gasteiger partial charge in [0, 0.05) is 32.0 Å². The first kappa shape index (κ1) is 14.5. The molecule has 7 heteroatoms. The zero-order valence-electron chi connectivity index (χ0n) is 13.6.